The summed E-state index contributed by atoms with van der Waals surface area (Å²) < 4.78 is 0. The molecule has 25 heavy (non-hydrogen) atoms. The molecule has 3 rings (SSSR count). The summed E-state index contributed by atoms with van der Waals surface area (Å²) in [5.41, 5.74) is 4.34. The van der Waals surface area contributed by atoms with Crippen molar-refractivity contribution < 1.29 is 4.79 Å². The van der Waals surface area contributed by atoms with Crippen molar-refractivity contribution in [2.24, 2.45) is 0 Å². The van der Waals surface area contributed by atoms with Gasteiger partial charge in [0.25, 0.3) is 5.91 Å². The lowest BCUT2D eigenvalue weighted by molar-refractivity contribution is 0.102. The highest BCUT2D eigenvalue weighted by Crippen LogP contribution is 2.19. The quantitative estimate of drug-likeness (QED) is 0.729. The summed E-state index contributed by atoms with van der Waals surface area (Å²) in [7, 11) is 0. The first kappa shape index (κ1) is 16.6. The number of hydrogen-bond acceptors (Lipinski definition) is 4. The van der Waals surface area contributed by atoms with Crippen molar-refractivity contribution in [1.29, 1.82) is 0 Å². The van der Waals surface area contributed by atoms with Crippen LogP contribution >= 0.6 is 0 Å². The van der Waals surface area contributed by atoms with Crippen LogP contribution in [0.1, 0.15) is 28.5 Å². The molecule has 0 saturated carbocycles. The number of aryl methyl sites for hydroxylation is 2. The van der Waals surface area contributed by atoms with Crippen LogP contribution in [-0.2, 0) is 6.42 Å². The van der Waals surface area contributed by atoms with Gasteiger partial charge in [0.05, 0.1) is 12.4 Å². The lowest BCUT2D eigenvalue weighted by Crippen LogP contribution is -2.14. The van der Waals surface area contributed by atoms with Gasteiger partial charge in [0, 0.05) is 11.4 Å². The number of benzene rings is 2. The number of rotatable bonds is 5. The fourth-order valence-electron chi connectivity index (χ4n) is 2.43. The molecular formula is C20H20N4O. The lowest BCUT2D eigenvalue weighted by atomic mass is 10.1. The van der Waals surface area contributed by atoms with Crippen molar-refractivity contribution in [1.82, 2.24) is 9.97 Å². The molecule has 0 atom stereocenters. The molecule has 126 valence electrons. The Kier molecular flexibility index (Phi) is 5.04. The van der Waals surface area contributed by atoms with Gasteiger partial charge in [-0.2, -0.15) is 0 Å². The molecule has 0 unspecified atom stereocenters. The van der Waals surface area contributed by atoms with Gasteiger partial charge in [-0.15, -0.1) is 0 Å². The van der Waals surface area contributed by atoms with Gasteiger partial charge in [-0.05, 0) is 37.1 Å². The smallest absolute Gasteiger partial charge is 0.275 e. The van der Waals surface area contributed by atoms with E-state index >= 15 is 0 Å². The summed E-state index contributed by atoms with van der Waals surface area (Å²) in [5, 5.41) is 6.05. The first-order valence-corrected chi connectivity index (χ1v) is 8.20. The molecule has 1 amide bonds. The maximum Gasteiger partial charge on any atom is 0.275 e. The second kappa shape index (κ2) is 7.57. The topological polar surface area (TPSA) is 66.9 Å². The molecule has 1 heterocycles. The van der Waals surface area contributed by atoms with Crippen LogP contribution < -0.4 is 10.6 Å². The monoisotopic (exact) mass is 332 g/mol. The highest BCUT2D eigenvalue weighted by atomic mass is 16.1. The number of nitrogens with one attached hydrogen (secondary N) is 2. The van der Waals surface area contributed by atoms with Crippen molar-refractivity contribution in [2.45, 2.75) is 20.3 Å². The predicted octanol–water partition coefficient (Wildman–Crippen LogP) is 4.34. The summed E-state index contributed by atoms with van der Waals surface area (Å²) in [6.07, 6.45) is 3.96. The van der Waals surface area contributed by atoms with Crippen LogP contribution in [0.4, 0.5) is 17.2 Å². The summed E-state index contributed by atoms with van der Waals surface area (Å²) in [5.74, 6) is 0.324. The molecular weight excluding hydrogens is 312 g/mol. The van der Waals surface area contributed by atoms with Gasteiger partial charge in [-0.25, -0.2) is 9.97 Å². The number of anilines is 3. The van der Waals surface area contributed by atoms with E-state index < -0.39 is 0 Å². The first-order valence-electron chi connectivity index (χ1n) is 8.20. The molecule has 0 fully saturated rings. The van der Waals surface area contributed by atoms with Crippen LogP contribution in [-0.4, -0.2) is 15.9 Å². The van der Waals surface area contributed by atoms with E-state index in [0.29, 0.717) is 5.82 Å². The van der Waals surface area contributed by atoms with Crippen molar-refractivity contribution in [3.63, 3.8) is 0 Å². The van der Waals surface area contributed by atoms with E-state index in [-0.39, 0.29) is 11.6 Å². The summed E-state index contributed by atoms with van der Waals surface area (Å²) in [4.78, 5) is 20.7. The first-order chi connectivity index (χ1) is 12.2. The van der Waals surface area contributed by atoms with E-state index in [0.717, 1.165) is 23.4 Å². The Morgan fingerprint density at radius 1 is 1.00 bits per heavy atom. The third-order valence-electron chi connectivity index (χ3n) is 3.85. The van der Waals surface area contributed by atoms with Crippen LogP contribution in [0, 0.1) is 6.92 Å². The second-order valence-corrected chi connectivity index (χ2v) is 5.74. The normalized spacial score (nSPS) is 10.3. The Morgan fingerprint density at radius 2 is 1.76 bits per heavy atom. The molecule has 2 N–H and O–H groups in total. The Labute approximate surface area is 147 Å². The lowest BCUT2D eigenvalue weighted by Gasteiger charge is -2.10. The maximum absolute atomic E-state index is 12.2. The molecule has 2 aromatic carbocycles. The highest BCUT2D eigenvalue weighted by molar-refractivity contribution is 6.02. The number of para-hydroxylation sites is 1. The molecule has 0 aliphatic heterocycles. The van der Waals surface area contributed by atoms with E-state index in [1.54, 1.807) is 6.20 Å². The maximum atomic E-state index is 12.2. The van der Waals surface area contributed by atoms with Gasteiger partial charge >= 0.3 is 0 Å². The number of aromatic nitrogens is 2. The molecule has 1 aromatic heterocycles. The zero-order valence-corrected chi connectivity index (χ0v) is 14.3. The summed E-state index contributed by atoms with van der Waals surface area (Å²) >= 11 is 0. The van der Waals surface area contributed by atoms with Gasteiger partial charge < -0.3 is 10.6 Å². The third-order valence-corrected chi connectivity index (χ3v) is 3.85. The molecule has 5 heteroatoms. The number of carbonyl (C=O) groups excluding carboxylic acids is 1. The average molecular weight is 332 g/mol. The third kappa shape index (κ3) is 4.20. The molecule has 5 nitrogen and oxygen atoms in total. The van der Waals surface area contributed by atoms with Gasteiger partial charge in [-0.1, -0.05) is 42.8 Å². The van der Waals surface area contributed by atoms with E-state index in [2.05, 4.69) is 33.6 Å². The molecule has 0 saturated heterocycles. The zero-order valence-electron chi connectivity index (χ0n) is 14.3. The average Bonchev–Trinajstić information content (AvgIpc) is 2.64. The minimum atomic E-state index is -0.281. The van der Waals surface area contributed by atoms with Crippen LogP contribution in [0.5, 0.6) is 0 Å². The summed E-state index contributed by atoms with van der Waals surface area (Å²) in [6.45, 7) is 4.10. The zero-order chi connectivity index (χ0) is 17.6. The van der Waals surface area contributed by atoms with Crippen molar-refractivity contribution >= 4 is 23.1 Å². The molecule has 0 aliphatic rings. The number of nitrogens with zero attached hydrogens (tertiary/aromatic N) is 2. The fraction of sp³-hybridized carbons (Fsp3) is 0.150. The van der Waals surface area contributed by atoms with Crippen LogP contribution in [0.3, 0.4) is 0 Å². The highest BCUT2D eigenvalue weighted by Gasteiger charge is 2.09. The van der Waals surface area contributed by atoms with Crippen molar-refractivity contribution in [2.75, 3.05) is 10.6 Å². The van der Waals surface area contributed by atoms with Gasteiger partial charge in [0.15, 0.2) is 0 Å². The molecule has 0 radical (unpaired) electrons. The minimum Gasteiger partial charge on any atom is -0.339 e. The summed E-state index contributed by atoms with van der Waals surface area (Å²) in [6, 6.07) is 15.7. The molecule has 0 aliphatic carbocycles. The molecule has 0 bridgehead atoms. The van der Waals surface area contributed by atoms with Crippen LogP contribution in [0.25, 0.3) is 0 Å². The van der Waals surface area contributed by atoms with Gasteiger partial charge in [0.2, 0.25) is 0 Å². The fourth-order valence-corrected chi connectivity index (χ4v) is 2.43. The molecule has 3 aromatic rings. The Balaban J connectivity index is 1.69. The Bertz CT molecular complexity index is 858. The number of amides is 1. The Morgan fingerprint density at radius 3 is 2.44 bits per heavy atom. The SMILES string of the molecule is CCc1ccccc1Nc1cnc(C(=O)Nc2ccc(C)cc2)cn1. The van der Waals surface area contributed by atoms with Crippen molar-refractivity contribution in [3.05, 3.63) is 77.7 Å². The van der Waals surface area contributed by atoms with Gasteiger partial charge in [0.1, 0.15) is 11.5 Å². The minimum absolute atomic E-state index is 0.273. The van der Waals surface area contributed by atoms with E-state index in [4.69, 9.17) is 0 Å². The van der Waals surface area contributed by atoms with Crippen molar-refractivity contribution in [3.8, 4) is 0 Å². The molecule has 0 spiro atoms. The predicted molar refractivity (Wildman–Crippen MR) is 100 cm³/mol. The number of carbonyl (C=O) groups is 1. The standard InChI is InChI=1S/C20H20N4O/c1-3-15-6-4-5-7-17(15)24-19-13-21-18(12-22-19)20(25)23-16-10-8-14(2)9-11-16/h4-13H,3H2,1-2H3,(H,22,24)(H,23,25). The number of hydrogen-bond donors (Lipinski definition) is 2. The Hall–Kier alpha value is -3.21. The van der Waals surface area contributed by atoms with Gasteiger partial charge in [-0.3, -0.25) is 4.79 Å². The largest absolute Gasteiger partial charge is 0.339 e. The van der Waals surface area contributed by atoms with E-state index in [1.165, 1.54) is 11.8 Å². The van der Waals surface area contributed by atoms with Crippen LogP contribution in [0.15, 0.2) is 60.9 Å². The van der Waals surface area contributed by atoms with E-state index in [9.17, 15) is 4.79 Å². The second-order valence-electron chi connectivity index (χ2n) is 5.74. The van der Waals surface area contributed by atoms with Crippen LogP contribution in [0.2, 0.25) is 0 Å². The van der Waals surface area contributed by atoms with E-state index in [1.807, 2.05) is 49.4 Å².